The molecule has 1 aromatic heterocycles. The Bertz CT molecular complexity index is 299. The molecule has 5 heteroatoms. The number of rotatable bonds is 3. The molecule has 12 heavy (non-hydrogen) atoms. The van der Waals surface area contributed by atoms with E-state index in [4.69, 9.17) is 15.7 Å². The van der Waals surface area contributed by atoms with Gasteiger partial charge in [0.15, 0.2) is 0 Å². The lowest BCUT2D eigenvalue weighted by Gasteiger charge is -2.01. The second-order valence-corrected chi connectivity index (χ2v) is 2.27. The monoisotopic (exact) mass is 166 g/mol. The van der Waals surface area contributed by atoms with Gasteiger partial charge in [-0.15, -0.1) is 0 Å². The van der Waals surface area contributed by atoms with Crippen LogP contribution in [0.2, 0.25) is 0 Å². The summed E-state index contributed by atoms with van der Waals surface area (Å²) < 4.78 is 6.39. The Labute approximate surface area is 70.3 Å². The molecule has 2 N–H and O–H groups in total. The Kier molecular flexibility index (Phi) is 2.66. The largest absolute Gasteiger partial charge is 0.383 e. The van der Waals surface area contributed by atoms with E-state index in [1.807, 2.05) is 6.07 Å². The summed E-state index contributed by atoms with van der Waals surface area (Å²) in [6, 6.07) is 1.94. The van der Waals surface area contributed by atoms with E-state index in [1.54, 1.807) is 11.8 Å². The summed E-state index contributed by atoms with van der Waals surface area (Å²) in [5.41, 5.74) is 5.99. The highest BCUT2D eigenvalue weighted by molar-refractivity contribution is 5.47. The number of nitrogens with two attached hydrogens (primary N) is 1. The highest BCUT2D eigenvalue weighted by Gasteiger charge is 2.04. The first-order chi connectivity index (χ1) is 5.79. The number of ether oxygens (including phenoxy) is 1. The number of nitriles is 1. The van der Waals surface area contributed by atoms with E-state index in [-0.39, 0.29) is 0 Å². The fourth-order valence-electron chi connectivity index (χ4n) is 0.837. The van der Waals surface area contributed by atoms with Crippen LogP contribution in [0.1, 0.15) is 5.56 Å². The first kappa shape index (κ1) is 8.56. The summed E-state index contributed by atoms with van der Waals surface area (Å²) in [6.07, 6.45) is 1.45. The first-order valence-corrected chi connectivity index (χ1v) is 3.50. The molecule has 0 amide bonds. The molecule has 1 rings (SSSR count). The minimum absolute atomic E-state index is 0.398. The average Bonchev–Trinajstić information content (AvgIpc) is 2.43. The van der Waals surface area contributed by atoms with E-state index in [0.29, 0.717) is 24.5 Å². The summed E-state index contributed by atoms with van der Waals surface area (Å²) in [5.74, 6) is 0.398. The van der Waals surface area contributed by atoms with Crippen LogP contribution in [0.5, 0.6) is 0 Å². The molecule has 0 aliphatic rings. The number of hydrogen-bond donors (Lipinski definition) is 1. The van der Waals surface area contributed by atoms with E-state index in [2.05, 4.69) is 5.10 Å². The molecule has 0 radical (unpaired) electrons. The van der Waals surface area contributed by atoms with Gasteiger partial charge in [0.05, 0.1) is 19.3 Å². The van der Waals surface area contributed by atoms with Crippen LogP contribution in [0.3, 0.4) is 0 Å². The normalized spacial score (nSPS) is 9.67. The Hall–Kier alpha value is -1.54. The zero-order valence-corrected chi connectivity index (χ0v) is 6.82. The van der Waals surface area contributed by atoms with Gasteiger partial charge >= 0.3 is 0 Å². The highest BCUT2D eigenvalue weighted by atomic mass is 16.5. The number of methoxy groups -OCH3 is 1. The van der Waals surface area contributed by atoms with Gasteiger partial charge in [-0.25, -0.2) is 4.68 Å². The number of hydrogen-bond acceptors (Lipinski definition) is 4. The van der Waals surface area contributed by atoms with Crippen LogP contribution in [-0.4, -0.2) is 23.5 Å². The van der Waals surface area contributed by atoms with Gasteiger partial charge in [-0.1, -0.05) is 0 Å². The molecule has 0 bridgehead atoms. The van der Waals surface area contributed by atoms with Gasteiger partial charge in [-0.2, -0.15) is 10.4 Å². The van der Waals surface area contributed by atoms with Gasteiger partial charge in [0.25, 0.3) is 0 Å². The van der Waals surface area contributed by atoms with E-state index < -0.39 is 0 Å². The van der Waals surface area contributed by atoms with Gasteiger partial charge in [0, 0.05) is 7.11 Å². The lowest BCUT2D eigenvalue weighted by Crippen LogP contribution is -2.09. The second kappa shape index (κ2) is 3.74. The third-order valence-corrected chi connectivity index (χ3v) is 1.51. The smallest absolute Gasteiger partial charge is 0.139 e. The van der Waals surface area contributed by atoms with Crippen molar-refractivity contribution in [3.8, 4) is 6.07 Å². The maximum Gasteiger partial charge on any atom is 0.139 e. The quantitative estimate of drug-likeness (QED) is 0.684. The highest BCUT2D eigenvalue weighted by Crippen LogP contribution is 2.08. The Morgan fingerprint density at radius 2 is 2.58 bits per heavy atom. The number of nitrogen functional groups attached to an aromatic ring is 1. The molecule has 0 saturated heterocycles. The van der Waals surface area contributed by atoms with E-state index >= 15 is 0 Å². The number of nitrogens with zero attached hydrogens (tertiary/aromatic N) is 3. The minimum atomic E-state index is 0.398. The fourth-order valence-corrected chi connectivity index (χ4v) is 0.837. The molecule has 1 aromatic rings. The maximum absolute atomic E-state index is 8.54. The molecule has 64 valence electrons. The predicted molar refractivity (Wildman–Crippen MR) is 43.2 cm³/mol. The van der Waals surface area contributed by atoms with E-state index in [1.165, 1.54) is 6.20 Å². The molecular formula is C7H10N4O. The van der Waals surface area contributed by atoms with Crippen LogP contribution in [0.25, 0.3) is 0 Å². The fraction of sp³-hybridized carbons (Fsp3) is 0.429. The number of aromatic nitrogens is 2. The van der Waals surface area contributed by atoms with Crippen molar-refractivity contribution < 1.29 is 4.74 Å². The second-order valence-electron chi connectivity index (χ2n) is 2.27. The summed E-state index contributed by atoms with van der Waals surface area (Å²) in [5, 5.41) is 12.5. The van der Waals surface area contributed by atoms with Crippen LogP contribution in [0, 0.1) is 11.3 Å². The minimum Gasteiger partial charge on any atom is -0.383 e. The van der Waals surface area contributed by atoms with Crippen LogP contribution in [-0.2, 0) is 11.3 Å². The topological polar surface area (TPSA) is 76.9 Å². The number of anilines is 1. The van der Waals surface area contributed by atoms with Crippen molar-refractivity contribution in [1.82, 2.24) is 9.78 Å². The van der Waals surface area contributed by atoms with Crippen molar-refractivity contribution in [3.63, 3.8) is 0 Å². The van der Waals surface area contributed by atoms with E-state index in [9.17, 15) is 0 Å². The van der Waals surface area contributed by atoms with Crippen molar-refractivity contribution in [2.45, 2.75) is 6.54 Å². The molecule has 0 unspecified atom stereocenters. The molecule has 0 aliphatic heterocycles. The summed E-state index contributed by atoms with van der Waals surface area (Å²) in [6.45, 7) is 1.11. The maximum atomic E-state index is 8.54. The summed E-state index contributed by atoms with van der Waals surface area (Å²) in [4.78, 5) is 0. The van der Waals surface area contributed by atoms with Crippen LogP contribution >= 0.6 is 0 Å². The van der Waals surface area contributed by atoms with Gasteiger partial charge < -0.3 is 10.5 Å². The van der Waals surface area contributed by atoms with E-state index in [0.717, 1.165) is 0 Å². The lowest BCUT2D eigenvalue weighted by molar-refractivity contribution is 0.184. The third-order valence-electron chi connectivity index (χ3n) is 1.51. The molecular weight excluding hydrogens is 156 g/mol. The molecule has 0 fully saturated rings. The van der Waals surface area contributed by atoms with Gasteiger partial charge in [0.2, 0.25) is 0 Å². The molecule has 0 spiro atoms. The molecule has 0 saturated carbocycles. The first-order valence-electron chi connectivity index (χ1n) is 3.50. The van der Waals surface area contributed by atoms with Crippen LogP contribution < -0.4 is 5.73 Å². The van der Waals surface area contributed by atoms with Crippen molar-refractivity contribution in [3.05, 3.63) is 11.8 Å². The van der Waals surface area contributed by atoms with Gasteiger partial charge in [0.1, 0.15) is 17.5 Å². The zero-order valence-electron chi connectivity index (χ0n) is 6.82. The Morgan fingerprint density at radius 3 is 3.08 bits per heavy atom. The molecule has 0 aliphatic carbocycles. The van der Waals surface area contributed by atoms with Gasteiger partial charge in [-0.05, 0) is 0 Å². The summed E-state index contributed by atoms with van der Waals surface area (Å²) in [7, 11) is 1.60. The van der Waals surface area contributed by atoms with Crippen molar-refractivity contribution in [1.29, 1.82) is 5.26 Å². The zero-order chi connectivity index (χ0) is 8.97. The van der Waals surface area contributed by atoms with Crippen LogP contribution in [0.4, 0.5) is 5.82 Å². The van der Waals surface area contributed by atoms with Crippen molar-refractivity contribution in [2.75, 3.05) is 19.5 Å². The third kappa shape index (κ3) is 1.54. The van der Waals surface area contributed by atoms with Crippen LogP contribution in [0.15, 0.2) is 6.20 Å². The molecule has 0 atom stereocenters. The van der Waals surface area contributed by atoms with Gasteiger partial charge in [-0.3, -0.25) is 0 Å². The molecule has 1 heterocycles. The van der Waals surface area contributed by atoms with Crippen molar-refractivity contribution >= 4 is 5.82 Å². The average molecular weight is 166 g/mol. The predicted octanol–water partition coefficient (Wildman–Crippen LogP) is -0.0166. The Balaban J connectivity index is 2.75. The lowest BCUT2D eigenvalue weighted by atomic mass is 10.4. The SMILES string of the molecule is COCCn1ncc(C#N)c1N. The van der Waals surface area contributed by atoms with Crippen molar-refractivity contribution in [2.24, 2.45) is 0 Å². The molecule has 5 nitrogen and oxygen atoms in total. The Morgan fingerprint density at radius 1 is 1.83 bits per heavy atom. The standard InChI is InChI=1S/C7H10N4O/c1-12-3-2-11-7(9)6(4-8)5-10-11/h5H,2-3,9H2,1H3. The molecule has 0 aromatic carbocycles. The summed E-state index contributed by atoms with van der Waals surface area (Å²) >= 11 is 0.